The fourth-order valence-corrected chi connectivity index (χ4v) is 4.61. The summed E-state index contributed by atoms with van der Waals surface area (Å²) in [5, 5.41) is 0. The van der Waals surface area contributed by atoms with E-state index in [1.807, 2.05) is 91.9 Å². The molecule has 0 amide bonds. The Morgan fingerprint density at radius 1 is 0.758 bits per heavy atom. The van der Waals surface area contributed by atoms with Gasteiger partial charge in [-0.15, -0.1) is 0 Å². The monoisotopic (exact) mass is 463 g/mol. The van der Waals surface area contributed by atoms with Crippen LogP contribution in [0, 0.1) is 6.92 Å². The molecule has 0 aliphatic rings. The van der Waals surface area contributed by atoms with Gasteiger partial charge in [-0.3, -0.25) is 0 Å². The Morgan fingerprint density at radius 3 is 1.97 bits per heavy atom. The summed E-state index contributed by atoms with van der Waals surface area (Å²) in [4.78, 5) is 0.278. The van der Waals surface area contributed by atoms with Crippen LogP contribution >= 0.6 is 0 Å². The quantitative estimate of drug-likeness (QED) is 0.402. The van der Waals surface area contributed by atoms with Crippen LogP contribution in [-0.2, 0) is 10.0 Å². The van der Waals surface area contributed by atoms with E-state index < -0.39 is 10.0 Å². The van der Waals surface area contributed by atoms with Crippen molar-refractivity contribution in [3.63, 3.8) is 0 Å². The second-order valence-corrected chi connectivity index (χ2v) is 9.40. The fourth-order valence-electron chi connectivity index (χ4n) is 3.26. The summed E-state index contributed by atoms with van der Waals surface area (Å²) in [7, 11) is -0.493. The van der Waals surface area contributed by atoms with E-state index in [4.69, 9.17) is 9.47 Å². The van der Waals surface area contributed by atoms with Crippen molar-refractivity contribution in [2.24, 2.45) is 0 Å². The van der Waals surface area contributed by atoms with E-state index in [9.17, 15) is 8.42 Å². The van der Waals surface area contributed by atoms with Gasteiger partial charge in [0.15, 0.2) is 11.5 Å². The van der Waals surface area contributed by atoms with Crippen molar-refractivity contribution in [3.05, 3.63) is 102 Å². The molecule has 3 aromatic rings. The molecule has 33 heavy (non-hydrogen) atoms. The highest BCUT2D eigenvalue weighted by Crippen LogP contribution is 2.28. The number of sulfonamides is 1. The number of hydrogen-bond donors (Lipinski definition) is 0. The van der Waals surface area contributed by atoms with Crippen molar-refractivity contribution in [2.75, 3.05) is 27.3 Å². The van der Waals surface area contributed by atoms with Crippen LogP contribution in [0.2, 0.25) is 0 Å². The molecule has 0 heterocycles. The van der Waals surface area contributed by atoms with Gasteiger partial charge < -0.3 is 9.47 Å². The average Bonchev–Trinajstić information content (AvgIpc) is 2.83. The van der Waals surface area contributed by atoms with Gasteiger partial charge in [0.1, 0.15) is 0 Å². The molecule has 0 radical (unpaired) electrons. The number of ether oxygens (including phenoxy) is 2. The summed E-state index contributed by atoms with van der Waals surface area (Å²) in [5.74, 6) is 1.26. The van der Waals surface area contributed by atoms with Gasteiger partial charge >= 0.3 is 0 Å². The van der Waals surface area contributed by atoms with Gasteiger partial charge in [0.25, 0.3) is 0 Å². The van der Waals surface area contributed by atoms with Gasteiger partial charge in [0.2, 0.25) is 10.0 Å². The smallest absolute Gasteiger partial charge is 0.243 e. The van der Waals surface area contributed by atoms with E-state index in [0.29, 0.717) is 11.5 Å². The second-order valence-electron chi connectivity index (χ2n) is 7.46. The van der Waals surface area contributed by atoms with E-state index in [-0.39, 0.29) is 18.0 Å². The minimum Gasteiger partial charge on any atom is -0.493 e. The minimum atomic E-state index is -3.66. The zero-order valence-corrected chi connectivity index (χ0v) is 20.0. The van der Waals surface area contributed by atoms with Gasteiger partial charge in [0.05, 0.1) is 19.1 Å². The van der Waals surface area contributed by atoms with E-state index in [2.05, 4.69) is 0 Å². The minimum absolute atomic E-state index is 0.226. The molecule has 172 valence electrons. The summed E-state index contributed by atoms with van der Waals surface area (Å²) in [6.07, 6.45) is 7.50. The molecule has 3 rings (SSSR count). The summed E-state index contributed by atoms with van der Waals surface area (Å²) in [5.41, 5.74) is 2.92. The number of aryl methyl sites for hydroxylation is 1. The van der Waals surface area contributed by atoms with Crippen molar-refractivity contribution >= 4 is 22.2 Å². The summed E-state index contributed by atoms with van der Waals surface area (Å²) in [6.45, 7) is 2.41. The van der Waals surface area contributed by atoms with Gasteiger partial charge in [0, 0.05) is 13.1 Å². The molecule has 0 saturated carbocycles. The lowest BCUT2D eigenvalue weighted by molar-refractivity contribution is 0.355. The van der Waals surface area contributed by atoms with Crippen LogP contribution in [0.25, 0.3) is 12.2 Å². The lowest BCUT2D eigenvalue weighted by atomic mass is 10.2. The van der Waals surface area contributed by atoms with E-state index in [1.54, 1.807) is 26.4 Å². The van der Waals surface area contributed by atoms with E-state index >= 15 is 0 Å². The van der Waals surface area contributed by atoms with Gasteiger partial charge in [-0.25, -0.2) is 8.42 Å². The maximum atomic E-state index is 13.3. The first-order valence-corrected chi connectivity index (χ1v) is 12.0. The maximum Gasteiger partial charge on any atom is 0.243 e. The third-order valence-electron chi connectivity index (χ3n) is 5.10. The lowest BCUT2D eigenvalue weighted by Crippen LogP contribution is -2.31. The largest absolute Gasteiger partial charge is 0.493 e. The molecule has 0 atom stereocenters. The topological polar surface area (TPSA) is 55.8 Å². The summed E-state index contributed by atoms with van der Waals surface area (Å²) < 4.78 is 38.7. The van der Waals surface area contributed by atoms with Crippen molar-refractivity contribution in [1.82, 2.24) is 4.31 Å². The SMILES string of the molecule is COc1ccc(/C=C/CN(C/C=C/c2ccccc2)S(=O)(=O)c2ccc(C)cc2)cc1OC. The molecule has 0 saturated heterocycles. The van der Waals surface area contributed by atoms with Gasteiger partial charge in [-0.1, -0.05) is 78.4 Å². The fraction of sp³-hybridized carbons (Fsp3) is 0.185. The molecule has 0 aromatic heterocycles. The van der Waals surface area contributed by atoms with Crippen LogP contribution < -0.4 is 9.47 Å². The molecule has 5 nitrogen and oxygen atoms in total. The van der Waals surface area contributed by atoms with Crippen LogP contribution in [0.3, 0.4) is 0 Å². The Balaban J connectivity index is 1.82. The van der Waals surface area contributed by atoms with Gasteiger partial charge in [-0.2, -0.15) is 4.31 Å². The summed E-state index contributed by atoms with van der Waals surface area (Å²) >= 11 is 0. The van der Waals surface area contributed by atoms with Crippen LogP contribution in [0.5, 0.6) is 11.5 Å². The third-order valence-corrected chi connectivity index (χ3v) is 6.95. The predicted molar refractivity (Wildman–Crippen MR) is 134 cm³/mol. The predicted octanol–water partition coefficient (Wildman–Crippen LogP) is 5.43. The molecular formula is C27H29NO4S. The highest BCUT2D eigenvalue weighted by atomic mass is 32.2. The van der Waals surface area contributed by atoms with Crippen molar-refractivity contribution in [3.8, 4) is 11.5 Å². The molecule has 0 aliphatic heterocycles. The number of methoxy groups -OCH3 is 2. The molecule has 6 heteroatoms. The first kappa shape index (κ1) is 24.3. The second kappa shape index (κ2) is 11.5. The molecule has 0 bridgehead atoms. The number of rotatable bonds is 10. The Labute approximate surface area is 196 Å². The molecule has 0 fully saturated rings. The van der Waals surface area contributed by atoms with Crippen molar-refractivity contribution in [2.45, 2.75) is 11.8 Å². The standard InChI is InChI=1S/C27H29NO4S/c1-22-13-16-25(17-14-22)33(29,30)28(19-7-11-23-9-5-4-6-10-23)20-8-12-24-15-18-26(31-2)27(21-24)32-3/h4-18,21H,19-20H2,1-3H3/b11-7+,12-8+. The van der Waals surface area contributed by atoms with Crippen LogP contribution in [-0.4, -0.2) is 40.0 Å². The summed E-state index contributed by atoms with van der Waals surface area (Å²) in [6, 6.07) is 22.3. The van der Waals surface area contributed by atoms with E-state index in [0.717, 1.165) is 16.7 Å². The van der Waals surface area contributed by atoms with Crippen LogP contribution in [0.4, 0.5) is 0 Å². The third kappa shape index (κ3) is 6.57. The van der Waals surface area contributed by atoms with Crippen molar-refractivity contribution in [1.29, 1.82) is 0 Å². The first-order valence-electron chi connectivity index (χ1n) is 10.6. The van der Waals surface area contributed by atoms with Crippen LogP contribution in [0.15, 0.2) is 89.8 Å². The number of hydrogen-bond acceptors (Lipinski definition) is 4. The Hall–Kier alpha value is -3.35. The maximum absolute atomic E-state index is 13.3. The highest BCUT2D eigenvalue weighted by Gasteiger charge is 2.22. The zero-order valence-electron chi connectivity index (χ0n) is 19.1. The van der Waals surface area contributed by atoms with Gasteiger partial charge in [-0.05, 0) is 42.3 Å². The molecular weight excluding hydrogens is 434 g/mol. The molecule has 0 spiro atoms. The van der Waals surface area contributed by atoms with Crippen LogP contribution in [0.1, 0.15) is 16.7 Å². The lowest BCUT2D eigenvalue weighted by Gasteiger charge is -2.19. The highest BCUT2D eigenvalue weighted by molar-refractivity contribution is 7.89. The molecule has 0 unspecified atom stereocenters. The average molecular weight is 464 g/mol. The normalized spacial score (nSPS) is 12.0. The molecule has 0 N–H and O–H groups in total. The first-order chi connectivity index (χ1) is 15.9. The number of nitrogens with zero attached hydrogens (tertiary/aromatic N) is 1. The van der Waals surface area contributed by atoms with Crippen molar-refractivity contribution < 1.29 is 17.9 Å². The molecule has 0 aliphatic carbocycles. The van der Waals surface area contributed by atoms with E-state index in [1.165, 1.54) is 4.31 Å². The number of benzene rings is 3. The Morgan fingerprint density at radius 2 is 1.36 bits per heavy atom. The Bertz CT molecular complexity index is 1200. The Kier molecular flexibility index (Phi) is 8.46. The molecule has 3 aromatic carbocycles. The zero-order chi connectivity index (χ0) is 23.7.